The third-order valence-corrected chi connectivity index (χ3v) is 5.28. The number of anilines is 1. The number of rotatable bonds is 5. The maximum atomic E-state index is 10.8. The van der Waals surface area contributed by atoms with Gasteiger partial charge in [0.05, 0.1) is 18.1 Å². The third-order valence-electron chi connectivity index (χ3n) is 5.28. The molecule has 4 rings (SSSR count). The first kappa shape index (κ1) is 17.0. The van der Waals surface area contributed by atoms with E-state index < -0.39 is 0 Å². The summed E-state index contributed by atoms with van der Waals surface area (Å²) in [6, 6.07) is 8.57. The van der Waals surface area contributed by atoms with Crippen LogP contribution in [0.25, 0.3) is 11.3 Å². The molecule has 3 heterocycles. The summed E-state index contributed by atoms with van der Waals surface area (Å²) < 4.78 is 0. The molecular formula is C20H25N5O. The summed E-state index contributed by atoms with van der Waals surface area (Å²) in [6.07, 6.45) is 7.20. The molecule has 6 heteroatoms. The van der Waals surface area contributed by atoms with Crippen molar-refractivity contribution in [2.45, 2.75) is 19.4 Å². The lowest BCUT2D eigenvalue weighted by molar-refractivity contribution is -0.119. The number of hydrogen-bond donors (Lipinski definition) is 0. The predicted molar refractivity (Wildman–Crippen MR) is 102 cm³/mol. The minimum absolute atomic E-state index is 0.820. The Balaban J connectivity index is 1.37. The van der Waals surface area contributed by atoms with Crippen LogP contribution in [-0.4, -0.2) is 65.4 Å². The Hall–Kier alpha value is -2.47. The van der Waals surface area contributed by atoms with E-state index in [0.717, 1.165) is 69.3 Å². The molecule has 6 nitrogen and oxygen atoms in total. The number of carbonyl (C=O) groups is 1. The summed E-state index contributed by atoms with van der Waals surface area (Å²) >= 11 is 0. The van der Waals surface area contributed by atoms with Crippen molar-refractivity contribution in [1.82, 2.24) is 19.8 Å². The second-order valence-corrected chi connectivity index (χ2v) is 7.07. The highest BCUT2D eigenvalue weighted by molar-refractivity contribution is 5.59. The Kier molecular flexibility index (Phi) is 5.11. The Morgan fingerprint density at radius 1 is 0.885 bits per heavy atom. The van der Waals surface area contributed by atoms with Crippen molar-refractivity contribution >= 4 is 12.2 Å². The molecule has 26 heavy (non-hydrogen) atoms. The highest BCUT2D eigenvalue weighted by Gasteiger charge is 2.16. The number of piperazine rings is 1. The van der Waals surface area contributed by atoms with E-state index in [1.165, 1.54) is 18.4 Å². The molecule has 1 aromatic carbocycles. The zero-order valence-electron chi connectivity index (χ0n) is 15.0. The molecule has 2 aromatic rings. The predicted octanol–water partition coefficient (Wildman–Crippen LogP) is 2.02. The van der Waals surface area contributed by atoms with Crippen molar-refractivity contribution in [2.75, 3.05) is 44.2 Å². The molecule has 0 spiro atoms. The molecule has 0 aliphatic carbocycles. The number of amides is 1. The number of aromatic nitrogens is 2. The maximum Gasteiger partial charge on any atom is 0.209 e. The van der Waals surface area contributed by atoms with Gasteiger partial charge in [-0.25, -0.2) is 4.98 Å². The summed E-state index contributed by atoms with van der Waals surface area (Å²) in [5.41, 5.74) is 3.30. The van der Waals surface area contributed by atoms with Crippen LogP contribution >= 0.6 is 0 Å². The number of carbonyl (C=O) groups excluding carboxylic acids is 1. The van der Waals surface area contributed by atoms with Crippen LogP contribution < -0.4 is 4.90 Å². The van der Waals surface area contributed by atoms with Crippen LogP contribution in [-0.2, 0) is 11.3 Å². The molecule has 0 radical (unpaired) electrons. The van der Waals surface area contributed by atoms with Gasteiger partial charge in [-0.1, -0.05) is 24.3 Å². The van der Waals surface area contributed by atoms with Crippen LogP contribution in [0.3, 0.4) is 0 Å². The fourth-order valence-electron chi connectivity index (χ4n) is 3.65. The molecule has 136 valence electrons. The molecule has 0 atom stereocenters. The average Bonchev–Trinajstić information content (AvgIpc) is 3.24. The molecule has 1 amide bonds. The van der Waals surface area contributed by atoms with Crippen molar-refractivity contribution in [2.24, 2.45) is 0 Å². The highest BCUT2D eigenvalue weighted by Crippen LogP contribution is 2.21. The van der Waals surface area contributed by atoms with E-state index in [9.17, 15) is 4.79 Å². The Morgan fingerprint density at radius 2 is 1.62 bits per heavy atom. The van der Waals surface area contributed by atoms with E-state index in [0.29, 0.717) is 0 Å². The van der Waals surface area contributed by atoms with Gasteiger partial charge in [-0.15, -0.1) is 0 Å². The Labute approximate surface area is 154 Å². The molecule has 0 bridgehead atoms. The SMILES string of the molecule is O=CN1CCN(Cc2ccc(-c3cnc(N4CCCC4)cn3)cc2)CC1. The minimum atomic E-state index is 0.820. The summed E-state index contributed by atoms with van der Waals surface area (Å²) in [4.78, 5) is 26.5. The molecular weight excluding hydrogens is 326 g/mol. The van der Waals surface area contributed by atoms with Gasteiger partial charge in [0.2, 0.25) is 6.41 Å². The Bertz CT molecular complexity index is 717. The molecule has 2 aliphatic heterocycles. The summed E-state index contributed by atoms with van der Waals surface area (Å²) in [6.45, 7) is 6.61. The van der Waals surface area contributed by atoms with Crippen molar-refractivity contribution in [1.29, 1.82) is 0 Å². The lowest BCUT2D eigenvalue weighted by Crippen LogP contribution is -2.45. The second kappa shape index (κ2) is 7.83. The molecule has 0 N–H and O–H groups in total. The van der Waals surface area contributed by atoms with Gasteiger partial charge in [-0.05, 0) is 18.4 Å². The second-order valence-electron chi connectivity index (χ2n) is 7.07. The first-order valence-corrected chi connectivity index (χ1v) is 9.40. The molecule has 2 fully saturated rings. The lowest BCUT2D eigenvalue weighted by atomic mass is 10.1. The van der Waals surface area contributed by atoms with Gasteiger partial charge in [-0.3, -0.25) is 14.7 Å². The summed E-state index contributed by atoms with van der Waals surface area (Å²) in [7, 11) is 0. The minimum Gasteiger partial charge on any atom is -0.355 e. The van der Waals surface area contributed by atoms with Crippen molar-refractivity contribution in [3.63, 3.8) is 0 Å². The summed E-state index contributed by atoms with van der Waals surface area (Å²) in [5, 5.41) is 0. The first-order chi connectivity index (χ1) is 12.8. The van der Waals surface area contributed by atoms with Gasteiger partial charge < -0.3 is 9.80 Å². The van der Waals surface area contributed by atoms with Crippen molar-refractivity contribution < 1.29 is 4.79 Å². The highest BCUT2D eigenvalue weighted by atomic mass is 16.1. The first-order valence-electron chi connectivity index (χ1n) is 9.40. The van der Waals surface area contributed by atoms with Gasteiger partial charge in [0, 0.05) is 51.4 Å². The number of nitrogens with zero attached hydrogens (tertiary/aromatic N) is 5. The quantitative estimate of drug-likeness (QED) is 0.772. The fraction of sp³-hybridized carbons (Fsp3) is 0.450. The van der Waals surface area contributed by atoms with Gasteiger partial charge in [0.15, 0.2) is 0 Å². The molecule has 2 saturated heterocycles. The van der Waals surface area contributed by atoms with Crippen molar-refractivity contribution in [3.05, 3.63) is 42.2 Å². The largest absolute Gasteiger partial charge is 0.355 e. The van der Waals surface area contributed by atoms with E-state index in [1.54, 1.807) is 0 Å². The van der Waals surface area contributed by atoms with Gasteiger partial charge in [-0.2, -0.15) is 0 Å². The lowest BCUT2D eigenvalue weighted by Gasteiger charge is -2.32. The monoisotopic (exact) mass is 351 g/mol. The average molecular weight is 351 g/mol. The van der Waals surface area contributed by atoms with Crippen LogP contribution in [0.2, 0.25) is 0 Å². The van der Waals surface area contributed by atoms with E-state index in [2.05, 4.69) is 44.0 Å². The van der Waals surface area contributed by atoms with E-state index in [1.807, 2.05) is 17.3 Å². The third kappa shape index (κ3) is 3.85. The molecule has 0 saturated carbocycles. The zero-order chi connectivity index (χ0) is 17.8. The summed E-state index contributed by atoms with van der Waals surface area (Å²) in [5.74, 6) is 0.984. The van der Waals surface area contributed by atoms with Crippen LogP contribution in [0.15, 0.2) is 36.7 Å². The number of hydrogen-bond acceptors (Lipinski definition) is 5. The molecule has 0 unspecified atom stereocenters. The normalized spacial score (nSPS) is 18.3. The van der Waals surface area contributed by atoms with Crippen LogP contribution in [0.4, 0.5) is 5.82 Å². The number of benzene rings is 1. The molecule has 1 aromatic heterocycles. The van der Waals surface area contributed by atoms with E-state index >= 15 is 0 Å². The standard InChI is InChI=1S/C20H25N5O/c26-16-24-11-9-23(10-12-24)15-17-3-5-18(6-4-17)19-13-22-20(14-21-19)25-7-1-2-8-25/h3-6,13-14,16H,1-2,7-12,15H2. The molecule has 2 aliphatic rings. The van der Waals surface area contributed by atoms with Crippen LogP contribution in [0, 0.1) is 0 Å². The van der Waals surface area contributed by atoms with Gasteiger partial charge >= 0.3 is 0 Å². The van der Waals surface area contributed by atoms with Crippen molar-refractivity contribution in [3.8, 4) is 11.3 Å². The van der Waals surface area contributed by atoms with Gasteiger partial charge in [0.1, 0.15) is 5.82 Å². The van der Waals surface area contributed by atoms with Crippen LogP contribution in [0.5, 0.6) is 0 Å². The van der Waals surface area contributed by atoms with E-state index in [4.69, 9.17) is 0 Å². The van der Waals surface area contributed by atoms with E-state index in [-0.39, 0.29) is 0 Å². The topological polar surface area (TPSA) is 52.6 Å². The van der Waals surface area contributed by atoms with Crippen LogP contribution in [0.1, 0.15) is 18.4 Å². The zero-order valence-corrected chi connectivity index (χ0v) is 15.0. The Morgan fingerprint density at radius 3 is 2.23 bits per heavy atom. The fourth-order valence-corrected chi connectivity index (χ4v) is 3.65. The maximum absolute atomic E-state index is 10.8. The smallest absolute Gasteiger partial charge is 0.209 e. The van der Waals surface area contributed by atoms with Gasteiger partial charge in [0.25, 0.3) is 0 Å².